The highest BCUT2D eigenvalue weighted by Gasteiger charge is 2.98. The van der Waals surface area contributed by atoms with E-state index in [1.54, 1.807) is 315 Å². The van der Waals surface area contributed by atoms with Crippen LogP contribution >= 0.6 is 0 Å². The van der Waals surface area contributed by atoms with Crippen LogP contribution in [-0.2, 0) is 0 Å². The van der Waals surface area contributed by atoms with Crippen molar-refractivity contribution in [3.63, 3.8) is 0 Å². The summed E-state index contributed by atoms with van der Waals surface area (Å²) in [4.78, 5) is 0. The predicted octanol–water partition coefficient (Wildman–Crippen LogP) is 29.8. The van der Waals surface area contributed by atoms with Gasteiger partial charge in [-0.1, -0.05) is 122 Å². The molecule has 23 unspecified atom stereocenters. The molecule has 0 amide bonds. The van der Waals surface area contributed by atoms with E-state index in [0.29, 0.717) is 0 Å². The van der Waals surface area contributed by atoms with Gasteiger partial charge in [0, 0.05) is 0 Å². The Labute approximate surface area is 693 Å². The highest BCUT2D eigenvalue weighted by molar-refractivity contribution is 5.44. The van der Waals surface area contributed by atoms with Crippen LogP contribution < -0.4 is 0 Å². The molecular weight excluding hydrogens is 1360 g/mol. The summed E-state index contributed by atoms with van der Waals surface area (Å²) >= 11 is 0. The fraction of sp³-hybridized carbons (Fsp3) is 1.00. The lowest BCUT2D eigenvalue weighted by atomic mass is 9.01. The fourth-order valence-corrected chi connectivity index (χ4v) is 47.6. The van der Waals surface area contributed by atoms with Crippen LogP contribution in [0.25, 0.3) is 0 Å². The molecule has 46 fully saturated rings. The van der Waals surface area contributed by atoms with Crippen LogP contribution in [0.5, 0.6) is 0 Å². The first kappa shape index (κ1) is 72.3. The van der Waals surface area contributed by atoms with Crippen molar-refractivity contribution in [2.45, 2.75) is 385 Å². The summed E-state index contributed by atoms with van der Waals surface area (Å²) in [5, 5.41) is 0. The van der Waals surface area contributed by atoms with Crippen LogP contribution in [-0.4, -0.2) is 0 Å². The second-order valence-corrected chi connectivity index (χ2v) is 54.2. The van der Waals surface area contributed by atoms with Crippen LogP contribution in [0.3, 0.4) is 0 Å². The first-order valence-corrected chi connectivity index (χ1v) is 55.9. The van der Waals surface area contributed by atoms with Crippen molar-refractivity contribution in [3.8, 4) is 0 Å². The largest absolute Gasteiger partial charge is 0.0533 e. The van der Waals surface area contributed by atoms with E-state index in [4.69, 9.17) is 0 Å². The Bertz CT molecular complexity index is 3010. The Morgan fingerprint density at radius 3 is 0.788 bits per heavy atom. The maximum atomic E-state index is 1.68. The molecule has 30 bridgehead atoms. The van der Waals surface area contributed by atoms with Gasteiger partial charge in [-0.05, 0) is 576 Å². The Kier molecular flexibility index (Phi) is 17.9. The molecule has 0 N–H and O–H groups in total. The molecule has 0 radical (unpaired) electrons. The monoisotopic (exact) mass is 1530 g/mol. The summed E-state index contributed by atoms with van der Waals surface area (Å²) in [6.07, 6.45) is 95.0. The zero-order valence-corrected chi connectivity index (χ0v) is 72.9. The quantitative estimate of drug-likeness (QED) is 0.212. The Morgan fingerprint density at radius 1 is 0.124 bits per heavy atom. The maximum Gasteiger partial charge on any atom is -0.0266 e. The maximum absolute atomic E-state index is 1.68. The van der Waals surface area contributed by atoms with Crippen LogP contribution in [0.15, 0.2) is 0 Å². The van der Waals surface area contributed by atoms with Crippen molar-refractivity contribution in [1.82, 2.24) is 0 Å². The van der Waals surface area contributed by atoms with Crippen molar-refractivity contribution >= 4 is 0 Å². The summed E-state index contributed by atoms with van der Waals surface area (Å²) in [6.45, 7) is 0. The molecule has 46 aliphatic rings. The Balaban J connectivity index is 0.0000000652. The van der Waals surface area contributed by atoms with Gasteiger partial charge < -0.3 is 0 Å². The number of rotatable bonds is 0. The van der Waals surface area contributed by atoms with Gasteiger partial charge in [0.1, 0.15) is 0 Å². The van der Waals surface area contributed by atoms with Gasteiger partial charge >= 0.3 is 0 Å². The van der Waals surface area contributed by atoms with E-state index < -0.39 is 0 Å². The zero-order valence-electron chi connectivity index (χ0n) is 72.9. The minimum absolute atomic E-state index is 0.906. The van der Waals surface area contributed by atoms with Gasteiger partial charge in [-0.3, -0.25) is 0 Å². The molecule has 624 valence electrons. The molecule has 113 heavy (non-hydrogen) atoms. The average molecular weight is 1530 g/mol. The van der Waals surface area contributed by atoms with Gasteiger partial charge in [0.15, 0.2) is 0 Å². The van der Waals surface area contributed by atoms with E-state index in [1.165, 1.54) is 372 Å². The third-order valence-corrected chi connectivity index (χ3v) is 51.0. The minimum Gasteiger partial charge on any atom is -0.0533 e. The summed E-state index contributed by atoms with van der Waals surface area (Å²) in [7, 11) is 0. The summed E-state index contributed by atoms with van der Waals surface area (Å²) in [6, 6.07) is 0. The van der Waals surface area contributed by atoms with Crippen LogP contribution in [0.1, 0.15) is 385 Å². The Morgan fingerprint density at radius 2 is 0.407 bits per heavy atom. The van der Waals surface area contributed by atoms with Crippen molar-refractivity contribution in [2.24, 2.45) is 313 Å². The SMILES string of the molecule is C12C3C4C1C1C2C3C41.C1C2C3CC4C5CC3C1C5C24.C1C2CC3C1C3C2.C1C2CC3CC1CC(C2)C3.C1C2CC3CC1CC3C2.C1CC2C3C(C1)C23.C1CC2C3C1C23.C1CC2C3CCC(C3)C2C1.C1CC2CC1C1C3CCC(C3)C21.C1CC2CC3CCCC3(C1)C2.C1CCC2C3CCC2C(C1)C3.C1CCCC1.C1CCCCC1. The molecule has 0 aromatic carbocycles. The molecular formula is C113H172. The number of hydrogen-bond acceptors (Lipinski definition) is 0. The molecule has 0 saturated heterocycles. The van der Waals surface area contributed by atoms with Crippen molar-refractivity contribution in [1.29, 1.82) is 0 Å². The molecule has 0 heteroatoms. The molecule has 23 atom stereocenters. The van der Waals surface area contributed by atoms with Gasteiger partial charge in [0.2, 0.25) is 0 Å². The van der Waals surface area contributed by atoms with Crippen LogP contribution in [0.2, 0.25) is 0 Å². The third kappa shape index (κ3) is 11.6. The molecule has 1 spiro atoms. The van der Waals surface area contributed by atoms with Gasteiger partial charge in [-0.2, -0.15) is 0 Å². The zero-order chi connectivity index (χ0) is 72.9. The predicted molar refractivity (Wildman–Crippen MR) is 461 cm³/mol. The molecule has 0 nitrogen and oxygen atoms in total. The minimum atomic E-state index is 0.906. The highest BCUT2D eigenvalue weighted by Crippen LogP contribution is 3.01. The fourth-order valence-electron chi connectivity index (χ4n) is 47.6. The van der Waals surface area contributed by atoms with Crippen molar-refractivity contribution in [3.05, 3.63) is 0 Å². The van der Waals surface area contributed by atoms with Crippen molar-refractivity contribution in [2.75, 3.05) is 0 Å². The van der Waals surface area contributed by atoms with E-state index in [9.17, 15) is 0 Å². The first-order chi connectivity index (χ1) is 55.9. The molecule has 46 saturated carbocycles. The normalized spacial score (nSPS) is 64.1. The lowest BCUT2D eigenvalue weighted by molar-refractivity contribution is -0.565. The third-order valence-electron chi connectivity index (χ3n) is 51.0. The number of fused-ring (bicyclic) bond motifs is 20. The second-order valence-electron chi connectivity index (χ2n) is 54.2. The lowest BCUT2D eigenvalue weighted by Gasteiger charge is -3.03. The van der Waals surface area contributed by atoms with Crippen LogP contribution in [0, 0.1) is 313 Å². The van der Waals surface area contributed by atoms with Crippen molar-refractivity contribution < 1.29 is 0 Å². The smallest absolute Gasteiger partial charge is 0.0266 e. The topological polar surface area (TPSA) is 0 Å². The van der Waals surface area contributed by atoms with Crippen LogP contribution in [0.4, 0.5) is 0 Å². The summed E-state index contributed by atoms with van der Waals surface area (Å²) < 4.78 is 0. The van der Waals surface area contributed by atoms with Gasteiger partial charge in [-0.15, -0.1) is 0 Å². The van der Waals surface area contributed by atoms with Gasteiger partial charge in [0.25, 0.3) is 0 Å². The standard InChI is InChI=1S/C12H18.C11H14.2C11H18.2C10H16.C9H14.C8H8.2C7H10.C6H8.C6H12.C5H10/c1-2-8-5-7(1)11-9-3-4-10(6-9)12(8)11;1-4-5-2-9-8(1)10-6(4)3-7(5)11(9)10;1-3-9-7-10-4-2-6-11(10,5-1)8-9;1-2-4-10-9-5-6-11(10)8(3-1)7-9;1-7-2-9-4-8(1)5-10(3-7)6-9;1-2-9-7-4-5-8(6-7)10(9)3-1;1-6-2-8-4-7(1)5-9(8)3-6;1-2-5-3(1)7-4(1)6(2)8(5)7;1-4-2-6-5(1)7(6)3-4;1-2-4-6-5(3-1)7(4)6;1-2-4-5-3(1)6(4)5;1-2-4-6-5-3-1;1-2-4-5-3-1/h7-12H,1-6H2;4-11H,1-3H2;9-10H,1-8H2;8-11H,1-7H2;2*7-10H,1-6H2;6-9H,1-5H2;1-8H;2*4-7H,1-3H2;3-6H,1-2H2;1-6H2;1-5H2. The molecule has 0 aliphatic heterocycles. The number of hydrogen-bond donors (Lipinski definition) is 0. The molecule has 46 rings (SSSR count). The summed E-state index contributed by atoms with van der Waals surface area (Å²) in [5.74, 6) is 64.7. The van der Waals surface area contributed by atoms with E-state index in [0.717, 1.165) is 11.3 Å². The lowest BCUT2D eigenvalue weighted by Crippen LogP contribution is -3.00. The Hall–Kier alpha value is 0. The average Bonchev–Trinajstić information content (AvgIpc) is 1.52. The molecule has 0 heterocycles. The van der Waals surface area contributed by atoms with E-state index >= 15 is 0 Å². The van der Waals surface area contributed by atoms with E-state index in [-0.39, 0.29) is 0 Å². The highest BCUT2D eigenvalue weighted by atomic mass is 15.0. The molecule has 46 aliphatic carbocycles. The molecule has 0 aromatic rings. The first-order valence-electron chi connectivity index (χ1n) is 55.9. The van der Waals surface area contributed by atoms with E-state index in [1.807, 2.05) is 0 Å². The molecule has 0 aromatic heterocycles. The van der Waals surface area contributed by atoms with E-state index in [2.05, 4.69) is 0 Å². The van der Waals surface area contributed by atoms with Gasteiger partial charge in [0.05, 0.1) is 0 Å². The second kappa shape index (κ2) is 28.0. The summed E-state index contributed by atoms with van der Waals surface area (Å²) in [5.41, 5.74) is 0.906. The van der Waals surface area contributed by atoms with Gasteiger partial charge in [-0.25, -0.2) is 0 Å².